The molecule has 1 aromatic heterocycles. The van der Waals surface area contributed by atoms with E-state index in [0.29, 0.717) is 11.6 Å². The first-order valence-corrected chi connectivity index (χ1v) is 16.7. The molecule has 0 unspecified atom stereocenters. The average molecular weight is 554 g/mol. The smallest absolute Gasteiger partial charge is 0.208 e. The van der Waals surface area contributed by atoms with Gasteiger partial charge in [0.1, 0.15) is 8.07 Å². The van der Waals surface area contributed by atoms with Crippen molar-refractivity contribution in [1.82, 2.24) is 15.0 Å². The van der Waals surface area contributed by atoms with Crippen LogP contribution in [0.15, 0.2) is 133 Å². The first-order chi connectivity index (χ1) is 19.5. The molecule has 1 heterocycles. The molecule has 0 aliphatic carbocycles. The number of halogens is 1. The molecule has 5 heteroatoms. The fourth-order valence-corrected chi connectivity index (χ4v) is 7.63. The maximum Gasteiger partial charge on any atom is 0.226 e. The summed E-state index contributed by atoms with van der Waals surface area (Å²) in [5.74, 6) is 1.12. The molecule has 0 aliphatic heterocycles. The molecular formula is C35H28ClN3Si. The van der Waals surface area contributed by atoms with Gasteiger partial charge in [0.15, 0.2) is 11.6 Å². The number of aromatic nitrogens is 3. The zero-order valence-corrected chi connectivity index (χ0v) is 24.2. The normalized spacial score (nSPS) is 11.4. The van der Waals surface area contributed by atoms with E-state index < -0.39 is 8.07 Å². The molecule has 0 bridgehead atoms. The van der Waals surface area contributed by atoms with E-state index >= 15 is 0 Å². The topological polar surface area (TPSA) is 38.7 Å². The number of rotatable bonds is 6. The highest BCUT2D eigenvalue weighted by molar-refractivity contribution is 7.00. The number of hydrogen-bond donors (Lipinski definition) is 0. The maximum atomic E-state index is 6.51. The van der Waals surface area contributed by atoms with E-state index in [2.05, 4.69) is 138 Å². The van der Waals surface area contributed by atoms with Crippen LogP contribution < -0.4 is 10.4 Å². The van der Waals surface area contributed by atoms with Crippen LogP contribution in [-0.2, 0) is 0 Å². The standard InChI is InChI=1S/C35H28ClN3Si/c1-40(2,29-18-10-5-11-19-29)30-20-12-17-27(23-30)33-37-34(39-35(36)38-33)28-21-22-31(25-13-6-3-7-14-25)32(24-28)26-15-8-4-9-16-26/h3-24H,1-2H3. The molecule has 3 nitrogen and oxygen atoms in total. The third-order valence-corrected chi connectivity index (χ3v) is 11.1. The summed E-state index contributed by atoms with van der Waals surface area (Å²) in [5.41, 5.74) is 6.37. The Bertz CT molecular complexity index is 1770. The molecule has 0 aliphatic rings. The summed E-state index contributed by atoms with van der Waals surface area (Å²) in [7, 11) is -1.90. The minimum Gasteiger partial charge on any atom is -0.208 e. The van der Waals surface area contributed by atoms with Crippen molar-refractivity contribution in [3.05, 3.63) is 139 Å². The summed E-state index contributed by atoms with van der Waals surface area (Å²) in [6, 6.07) is 46.4. The Kier molecular flexibility index (Phi) is 7.12. The minimum absolute atomic E-state index is 0.179. The third-order valence-electron chi connectivity index (χ3n) is 7.39. The van der Waals surface area contributed by atoms with Gasteiger partial charge < -0.3 is 0 Å². The molecule has 0 N–H and O–H groups in total. The van der Waals surface area contributed by atoms with Gasteiger partial charge >= 0.3 is 0 Å². The Labute approximate surface area is 241 Å². The van der Waals surface area contributed by atoms with Gasteiger partial charge in [-0.05, 0) is 39.9 Å². The quantitative estimate of drug-likeness (QED) is 0.196. The van der Waals surface area contributed by atoms with Crippen LogP contribution in [0, 0.1) is 0 Å². The Morgan fingerprint density at radius 1 is 0.450 bits per heavy atom. The molecule has 0 saturated carbocycles. The van der Waals surface area contributed by atoms with E-state index in [-0.39, 0.29) is 5.28 Å². The van der Waals surface area contributed by atoms with Crippen LogP contribution in [0.25, 0.3) is 45.0 Å². The van der Waals surface area contributed by atoms with Gasteiger partial charge in [-0.25, -0.2) is 4.98 Å². The van der Waals surface area contributed by atoms with Gasteiger partial charge in [-0.2, -0.15) is 9.97 Å². The Hall–Kier alpha value is -4.38. The van der Waals surface area contributed by atoms with Crippen molar-refractivity contribution in [2.24, 2.45) is 0 Å². The molecular weight excluding hydrogens is 526 g/mol. The Morgan fingerprint density at radius 3 is 1.57 bits per heavy atom. The second-order valence-corrected chi connectivity index (χ2v) is 15.1. The molecule has 40 heavy (non-hydrogen) atoms. The van der Waals surface area contributed by atoms with Crippen LogP contribution >= 0.6 is 11.6 Å². The highest BCUT2D eigenvalue weighted by atomic mass is 35.5. The number of hydrogen-bond acceptors (Lipinski definition) is 3. The molecule has 0 spiro atoms. The van der Waals surface area contributed by atoms with Crippen LogP contribution in [0.3, 0.4) is 0 Å². The Balaban J connectivity index is 1.44. The van der Waals surface area contributed by atoms with Gasteiger partial charge in [0, 0.05) is 11.1 Å². The van der Waals surface area contributed by atoms with Crippen LogP contribution in [0.2, 0.25) is 18.4 Å². The molecule has 0 fully saturated rings. The SMILES string of the molecule is C[Si](C)(c1ccccc1)c1cccc(-c2nc(Cl)nc(-c3ccc(-c4ccccc4)c(-c4ccccc4)c3)n2)c1. The monoisotopic (exact) mass is 553 g/mol. The van der Waals surface area contributed by atoms with Crippen molar-refractivity contribution in [2.45, 2.75) is 13.1 Å². The highest BCUT2D eigenvalue weighted by Gasteiger charge is 2.26. The second-order valence-electron chi connectivity index (χ2n) is 10.3. The first-order valence-electron chi connectivity index (χ1n) is 13.3. The van der Waals surface area contributed by atoms with Gasteiger partial charge in [0.05, 0.1) is 0 Å². The van der Waals surface area contributed by atoms with E-state index in [1.54, 1.807) is 0 Å². The minimum atomic E-state index is -1.90. The lowest BCUT2D eigenvalue weighted by Crippen LogP contribution is -2.52. The van der Waals surface area contributed by atoms with Crippen molar-refractivity contribution in [2.75, 3.05) is 0 Å². The lowest BCUT2D eigenvalue weighted by atomic mass is 9.92. The van der Waals surface area contributed by atoms with E-state index in [0.717, 1.165) is 33.4 Å². The van der Waals surface area contributed by atoms with Crippen LogP contribution in [-0.4, -0.2) is 23.0 Å². The van der Waals surface area contributed by atoms with Crippen molar-refractivity contribution in [3.63, 3.8) is 0 Å². The van der Waals surface area contributed by atoms with Crippen LogP contribution in [0.4, 0.5) is 0 Å². The van der Waals surface area contributed by atoms with E-state index in [4.69, 9.17) is 16.6 Å². The largest absolute Gasteiger partial charge is 0.226 e. The van der Waals surface area contributed by atoms with E-state index in [1.807, 2.05) is 18.2 Å². The van der Waals surface area contributed by atoms with Crippen molar-refractivity contribution in [3.8, 4) is 45.0 Å². The summed E-state index contributed by atoms with van der Waals surface area (Å²) in [5, 5.41) is 2.87. The number of nitrogens with zero attached hydrogens (tertiary/aromatic N) is 3. The predicted octanol–water partition coefficient (Wildman–Crippen LogP) is 8.02. The van der Waals surface area contributed by atoms with Gasteiger partial charge in [-0.1, -0.05) is 151 Å². The first kappa shape index (κ1) is 25.9. The molecule has 0 atom stereocenters. The highest BCUT2D eigenvalue weighted by Crippen LogP contribution is 2.35. The third kappa shape index (κ3) is 5.24. The molecule has 0 radical (unpaired) electrons. The van der Waals surface area contributed by atoms with Gasteiger partial charge in [-0.15, -0.1) is 0 Å². The molecule has 0 saturated heterocycles. The molecule has 6 rings (SSSR count). The van der Waals surface area contributed by atoms with Crippen molar-refractivity contribution in [1.29, 1.82) is 0 Å². The van der Waals surface area contributed by atoms with Crippen molar-refractivity contribution < 1.29 is 0 Å². The predicted molar refractivity (Wildman–Crippen MR) is 170 cm³/mol. The fourth-order valence-electron chi connectivity index (χ4n) is 5.09. The lowest BCUT2D eigenvalue weighted by Gasteiger charge is -2.24. The van der Waals surface area contributed by atoms with E-state index in [9.17, 15) is 0 Å². The van der Waals surface area contributed by atoms with Gasteiger partial charge in [0.2, 0.25) is 5.28 Å². The van der Waals surface area contributed by atoms with Gasteiger partial charge in [-0.3, -0.25) is 0 Å². The van der Waals surface area contributed by atoms with Gasteiger partial charge in [0.25, 0.3) is 0 Å². The molecule has 0 amide bonds. The second kappa shape index (κ2) is 11.0. The summed E-state index contributed by atoms with van der Waals surface area (Å²) in [6.07, 6.45) is 0. The van der Waals surface area contributed by atoms with E-state index in [1.165, 1.54) is 10.4 Å². The fraction of sp³-hybridized carbons (Fsp3) is 0.0571. The van der Waals surface area contributed by atoms with Crippen LogP contribution in [0.5, 0.6) is 0 Å². The zero-order chi connectivity index (χ0) is 27.5. The number of benzene rings is 5. The molecule has 5 aromatic carbocycles. The molecule has 194 valence electrons. The van der Waals surface area contributed by atoms with Crippen LogP contribution in [0.1, 0.15) is 0 Å². The summed E-state index contributed by atoms with van der Waals surface area (Å²) >= 11 is 6.51. The maximum absolute atomic E-state index is 6.51. The van der Waals surface area contributed by atoms with Crippen molar-refractivity contribution >= 4 is 30.0 Å². The lowest BCUT2D eigenvalue weighted by molar-refractivity contribution is 1.07. The zero-order valence-electron chi connectivity index (χ0n) is 22.4. The summed E-state index contributed by atoms with van der Waals surface area (Å²) < 4.78 is 0. The molecule has 6 aromatic rings. The summed E-state index contributed by atoms with van der Waals surface area (Å²) in [6.45, 7) is 4.74. The average Bonchev–Trinajstić information content (AvgIpc) is 3.02. The summed E-state index contributed by atoms with van der Waals surface area (Å²) in [4.78, 5) is 14.0. The Morgan fingerprint density at radius 2 is 0.950 bits per heavy atom.